The van der Waals surface area contributed by atoms with E-state index in [1.807, 2.05) is 24.3 Å². The normalized spacial score (nSPS) is 22.1. The highest BCUT2D eigenvalue weighted by atomic mass is 35.5. The lowest BCUT2D eigenvalue weighted by Gasteiger charge is -2.42. The molecule has 3 aromatic rings. The molecule has 0 bridgehead atoms. The van der Waals surface area contributed by atoms with Crippen LogP contribution in [0.5, 0.6) is 17.2 Å². The van der Waals surface area contributed by atoms with Crippen molar-refractivity contribution in [3.05, 3.63) is 66.2 Å². The summed E-state index contributed by atoms with van der Waals surface area (Å²) < 4.78 is 30.2. The maximum atomic E-state index is 14.2. The Morgan fingerprint density at radius 1 is 1.02 bits per heavy atom. The molecule has 1 unspecified atom stereocenters. The van der Waals surface area contributed by atoms with Crippen molar-refractivity contribution in [2.24, 2.45) is 0 Å². The van der Waals surface area contributed by atoms with Gasteiger partial charge in [0.25, 0.3) is 5.91 Å². The average molecular weight is 776 g/mol. The Bertz CT molecular complexity index is 1900. The number of carbonyl (C=O) groups is 3. The number of fused-ring (bicyclic) bond motifs is 5. The van der Waals surface area contributed by atoms with Crippen LogP contribution in [0.2, 0.25) is 0 Å². The number of halogens is 1. The highest BCUT2D eigenvalue weighted by molar-refractivity contribution is 6.19. The van der Waals surface area contributed by atoms with Crippen LogP contribution in [0.3, 0.4) is 0 Å². The van der Waals surface area contributed by atoms with Crippen molar-refractivity contribution in [3.8, 4) is 17.2 Å². The Morgan fingerprint density at radius 3 is 2.60 bits per heavy atom. The second kappa shape index (κ2) is 17.5. The molecule has 0 spiro atoms. The number of hydrogen-bond acceptors (Lipinski definition) is 9. The van der Waals surface area contributed by atoms with Crippen LogP contribution in [-0.2, 0) is 19.0 Å². The molecule has 4 aliphatic heterocycles. The first-order valence-electron chi connectivity index (χ1n) is 19.4. The zero-order chi connectivity index (χ0) is 38.5. The molecule has 1 N–H and O–H groups in total. The first-order chi connectivity index (χ1) is 26.8. The smallest absolute Gasteiger partial charge is 0.416 e. The van der Waals surface area contributed by atoms with Gasteiger partial charge in [-0.05, 0) is 74.8 Å². The largest absolute Gasteiger partial charge is 0.507 e. The van der Waals surface area contributed by atoms with Gasteiger partial charge in [0.2, 0.25) is 5.91 Å². The fraction of sp³-hybridized carbons (Fsp3) is 0.500. The minimum absolute atomic E-state index is 0.0153. The molecule has 55 heavy (non-hydrogen) atoms. The lowest BCUT2D eigenvalue weighted by molar-refractivity contribution is -0.198. The fourth-order valence-corrected chi connectivity index (χ4v) is 8.60. The summed E-state index contributed by atoms with van der Waals surface area (Å²) in [4.78, 5) is 46.6. The zero-order valence-corrected chi connectivity index (χ0v) is 32.1. The van der Waals surface area contributed by atoms with Crippen molar-refractivity contribution in [2.45, 2.75) is 88.7 Å². The Hall–Kier alpha value is -4.52. The van der Waals surface area contributed by atoms with E-state index in [2.05, 4.69) is 6.58 Å². The third kappa shape index (κ3) is 7.95. The summed E-state index contributed by atoms with van der Waals surface area (Å²) in [5.74, 6) is 0.998. The summed E-state index contributed by atoms with van der Waals surface area (Å²) in [5, 5.41) is 12.4. The van der Waals surface area contributed by atoms with Gasteiger partial charge in [0.05, 0.1) is 36.7 Å². The second-order valence-electron chi connectivity index (χ2n) is 14.5. The summed E-state index contributed by atoms with van der Waals surface area (Å²) in [5.41, 5.74) is 2.34. The Kier molecular flexibility index (Phi) is 12.3. The maximum Gasteiger partial charge on any atom is 0.416 e. The third-order valence-electron chi connectivity index (χ3n) is 11.0. The number of unbranched alkanes of at least 4 members (excludes halogenated alkanes) is 2. The van der Waals surface area contributed by atoms with Crippen molar-refractivity contribution in [1.29, 1.82) is 0 Å². The number of piperidine rings is 1. The van der Waals surface area contributed by atoms with E-state index in [1.165, 1.54) is 18.1 Å². The number of carbonyl (C=O) groups excluding carboxylic acids is 3. The maximum absolute atomic E-state index is 14.2. The van der Waals surface area contributed by atoms with Gasteiger partial charge in [0, 0.05) is 55.4 Å². The van der Waals surface area contributed by atoms with Crippen LogP contribution in [0.15, 0.2) is 55.1 Å². The van der Waals surface area contributed by atoms with Gasteiger partial charge in [-0.25, -0.2) is 9.69 Å². The molecule has 2 saturated heterocycles. The molecule has 7 rings (SSSR count). The van der Waals surface area contributed by atoms with Crippen LogP contribution in [0.1, 0.15) is 86.0 Å². The van der Waals surface area contributed by atoms with Crippen molar-refractivity contribution in [3.63, 3.8) is 0 Å². The summed E-state index contributed by atoms with van der Waals surface area (Å²) >= 11 is 6.37. The van der Waals surface area contributed by atoms with E-state index in [-0.39, 0.29) is 30.1 Å². The molecule has 2 fully saturated rings. The van der Waals surface area contributed by atoms with Gasteiger partial charge < -0.3 is 38.6 Å². The van der Waals surface area contributed by atoms with E-state index in [1.54, 1.807) is 28.0 Å². The van der Waals surface area contributed by atoms with Gasteiger partial charge in [-0.1, -0.05) is 36.9 Å². The predicted octanol–water partition coefficient (Wildman–Crippen LogP) is 7.87. The summed E-state index contributed by atoms with van der Waals surface area (Å²) in [6.07, 6.45) is 6.73. The summed E-state index contributed by atoms with van der Waals surface area (Å²) in [7, 11) is 1.52. The van der Waals surface area contributed by atoms with Crippen molar-refractivity contribution in [2.75, 3.05) is 55.7 Å². The number of anilines is 2. The fourth-order valence-electron chi connectivity index (χ4n) is 8.35. The van der Waals surface area contributed by atoms with E-state index >= 15 is 0 Å². The van der Waals surface area contributed by atoms with E-state index < -0.39 is 24.7 Å². The molecule has 0 radical (unpaired) electrons. The molecule has 3 aromatic carbocycles. The molecule has 13 heteroatoms. The highest BCUT2D eigenvalue weighted by Crippen LogP contribution is 2.46. The molecular formula is C42H50ClN3O9. The molecule has 0 saturated carbocycles. The monoisotopic (exact) mass is 775 g/mol. The van der Waals surface area contributed by atoms with Gasteiger partial charge in [0.1, 0.15) is 12.4 Å². The molecule has 0 aliphatic carbocycles. The number of alkyl halides is 1. The van der Waals surface area contributed by atoms with Crippen LogP contribution in [0.4, 0.5) is 16.2 Å². The number of ether oxygens (including phenoxy) is 5. The number of phenolic OH excluding ortho intramolecular Hbond substituents is 1. The number of methoxy groups -OCH3 is 1. The van der Waals surface area contributed by atoms with E-state index in [4.69, 9.17) is 35.3 Å². The molecule has 294 valence electrons. The summed E-state index contributed by atoms with van der Waals surface area (Å²) in [6.45, 7) is 5.57. The number of aromatic hydroxyl groups is 1. The van der Waals surface area contributed by atoms with Crippen molar-refractivity contribution < 1.29 is 43.2 Å². The molecule has 12 nitrogen and oxygen atoms in total. The Morgan fingerprint density at radius 2 is 1.84 bits per heavy atom. The van der Waals surface area contributed by atoms with Gasteiger partial charge in [-0.15, -0.1) is 11.6 Å². The van der Waals surface area contributed by atoms with Crippen LogP contribution in [-0.4, -0.2) is 92.4 Å². The SMILES string of the molecule is C=CCOC(=O)N1c2cc(OCCCCCC(=O)N3C[C@@H](CCl)c4c3cc(O)c3ccccc43)c(OC)cc2C(=O)N2CCCC[C@H]2[C@@H]1OC1CCCCO1. The standard InChI is InChI=1S/C42H50ClN3O9/c1-3-19-54-42(50)46-32-24-36(35(51-2)22-30(32)40(49)44-18-10-8-15-31(44)41(46)55-38-17-9-12-21-53-38)52-20-11-4-5-16-37(48)45-26-27(25-43)39-29-14-7-6-13-28(29)34(47)23-33(39)45/h3,6-7,13-14,22-24,27,31,38,41,47H,1,4-5,8-12,15-21,25-26H2,2H3/t27-,31+,38?,41+/m1/s1. The Balaban J connectivity index is 1.05. The number of hydrogen-bond donors (Lipinski definition) is 1. The lowest BCUT2D eigenvalue weighted by atomic mass is 9.95. The minimum atomic E-state index is -0.852. The molecular weight excluding hydrogens is 726 g/mol. The number of benzene rings is 3. The second-order valence-corrected chi connectivity index (χ2v) is 14.8. The van der Waals surface area contributed by atoms with Gasteiger partial charge in [0.15, 0.2) is 24.0 Å². The number of amides is 3. The predicted molar refractivity (Wildman–Crippen MR) is 210 cm³/mol. The Labute approximate surface area is 326 Å². The average Bonchev–Trinajstić information content (AvgIpc) is 3.55. The quantitative estimate of drug-likeness (QED) is 0.105. The van der Waals surface area contributed by atoms with E-state index in [0.717, 1.165) is 47.7 Å². The zero-order valence-electron chi connectivity index (χ0n) is 31.4. The van der Waals surface area contributed by atoms with Gasteiger partial charge in [-0.3, -0.25) is 9.59 Å². The van der Waals surface area contributed by atoms with E-state index in [9.17, 15) is 19.5 Å². The van der Waals surface area contributed by atoms with Crippen molar-refractivity contribution in [1.82, 2.24) is 4.90 Å². The molecule has 4 aliphatic rings. The summed E-state index contributed by atoms with van der Waals surface area (Å²) in [6, 6.07) is 12.2. The van der Waals surface area contributed by atoms with Gasteiger partial charge >= 0.3 is 6.09 Å². The molecule has 3 amide bonds. The minimum Gasteiger partial charge on any atom is -0.507 e. The lowest BCUT2D eigenvalue weighted by Crippen LogP contribution is -2.57. The van der Waals surface area contributed by atoms with E-state index in [0.29, 0.717) is 93.5 Å². The molecule has 0 aromatic heterocycles. The van der Waals surface area contributed by atoms with Gasteiger partial charge in [-0.2, -0.15) is 0 Å². The van der Waals surface area contributed by atoms with Crippen LogP contribution < -0.4 is 19.3 Å². The van der Waals surface area contributed by atoms with Crippen LogP contribution in [0, 0.1) is 0 Å². The number of rotatable bonds is 13. The number of nitrogens with zero attached hydrogens (tertiary/aromatic N) is 3. The highest BCUT2D eigenvalue weighted by Gasteiger charge is 2.47. The topological polar surface area (TPSA) is 127 Å². The van der Waals surface area contributed by atoms with Crippen LogP contribution in [0.25, 0.3) is 10.8 Å². The molecule has 4 atom stereocenters. The number of phenols is 1. The first-order valence-corrected chi connectivity index (χ1v) is 20.0. The molecule has 4 heterocycles. The van der Waals surface area contributed by atoms with Crippen molar-refractivity contribution >= 4 is 51.7 Å². The third-order valence-corrected chi connectivity index (χ3v) is 11.4. The van der Waals surface area contributed by atoms with Crippen LogP contribution >= 0.6 is 11.6 Å². The first kappa shape index (κ1) is 38.7.